The van der Waals surface area contributed by atoms with E-state index in [1.807, 2.05) is 66.7 Å². The summed E-state index contributed by atoms with van der Waals surface area (Å²) in [5.74, 6) is -0.476. The van der Waals surface area contributed by atoms with Crippen LogP contribution in [-0.4, -0.2) is 12.1 Å². The Morgan fingerprint density at radius 3 is 2.34 bits per heavy atom. The largest absolute Gasteiger partial charge is 0.282 e. The fraction of sp³-hybridized carbons (Fsp3) is 0.0800. The Morgan fingerprint density at radius 2 is 1.59 bits per heavy atom. The first-order valence-electron chi connectivity index (χ1n) is 9.46. The van der Waals surface area contributed by atoms with Gasteiger partial charge >= 0.3 is 0 Å². The second-order valence-electron chi connectivity index (χ2n) is 6.81. The highest BCUT2D eigenvalue weighted by Crippen LogP contribution is 2.34. The molecule has 0 atom stereocenters. The van der Waals surface area contributed by atoms with Crippen molar-refractivity contribution in [2.75, 3.05) is 0 Å². The van der Waals surface area contributed by atoms with E-state index in [-0.39, 0.29) is 5.57 Å². The molecule has 29 heavy (non-hydrogen) atoms. The third kappa shape index (κ3) is 3.99. The summed E-state index contributed by atoms with van der Waals surface area (Å²) in [7, 11) is 0. The standard InChI is InChI=1S/C25H19N3O/c26-16-24(23-15-14-21-8-4-5-9-22(21)23)25(29)28-27-17-18-10-12-20(13-11-18)19-6-2-1-3-7-19/h1-13,17H,14-15H2,(H,28,29)/b24-23+,27-17-. The van der Waals surface area contributed by atoms with Gasteiger partial charge in [0.05, 0.1) is 6.21 Å². The lowest BCUT2D eigenvalue weighted by atomic mass is 10.0. The normalized spacial score (nSPS) is 14.3. The average Bonchev–Trinajstić information content (AvgIpc) is 3.19. The summed E-state index contributed by atoms with van der Waals surface area (Å²) >= 11 is 0. The first kappa shape index (κ1) is 18.4. The molecule has 3 aromatic rings. The van der Waals surface area contributed by atoms with Crippen molar-refractivity contribution in [2.24, 2.45) is 5.10 Å². The van der Waals surface area contributed by atoms with Crippen LogP contribution < -0.4 is 5.43 Å². The number of allylic oxidation sites excluding steroid dienone is 1. The number of hydrazone groups is 1. The molecule has 0 unspecified atom stereocenters. The molecular formula is C25H19N3O. The molecule has 1 amide bonds. The predicted molar refractivity (Wildman–Crippen MR) is 115 cm³/mol. The fourth-order valence-electron chi connectivity index (χ4n) is 3.56. The summed E-state index contributed by atoms with van der Waals surface area (Å²) in [5, 5.41) is 13.5. The smallest absolute Gasteiger partial charge is 0.267 e. The van der Waals surface area contributed by atoms with Gasteiger partial charge in [0, 0.05) is 0 Å². The fourth-order valence-corrected chi connectivity index (χ4v) is 3.56. The molecule has 0 spiro atoms. The number of hydrogen-bond acceptors (Lipinski definition) is 3. The number of carbonyl (C=O) groups excluding carboxylic acids is 1. The van der Waals surface area contributed by atoms with E-state index in [2.05, 4.69) is 28.7 Å². The molecule has 0 heterocycles. The lowest BCUT2D eigenvalue weighted by Gasteiger charge is -2.04. The van der Waals surface area contributed by atoms with Crippen LogP contribution in [0.5, 0.6) is 0 Å². The number of fused-ring (bicyclic) bond motifs is 1. The zero-order valence-electron chi connectivity index (χ0n) is 15.8. The highest BCUT2D eigenvalue weighted by atomic mass is 16.2. The lowest BCUT2D eigenvalue weighted by molar-refractivity contribution is -0.117. The summed E-state index contributed by atoms with van der Waals surface area (Å²) in [6.07, 6.45) is 3.12. The molecule has 4 nitrogen and oxygen atoms in total. The van der Waals surface area contributed by atoms with Gasteiger partial charge in [0.2, 0.25) is 0 Å². The van der Waals surface area contributed by atoms with Crippen LogP contribution in [0.2, 0.25) is 0 Å². The molecule has 0 saturated carbocycles. The van der Waals surface area contributed by atoms with Crippen molar-refractivity contribution in [3.8, 4) is 17.2 Å². The molecule has 1 N–H and O–H groups in total. The third-order valence-electron chi connectivity index (χ3n) is 5.02. The zero-order chi connectivity index (χ0) is 20.1. The number of aryl methyl sites for hydroxylation is 1. The van der Waals surface area contributed by atoms with Crippen molar-refractivity contribution in [3.05, 3.63) is 101 Å². The van der Waals surface area contributed by atoms with Crippen LogP contribution >= 0.6 is 0 Å². The minimum atomic E-state index is -0.476. The van der Waals surface area contributed by atoms with Gasteiger partial charge in [0.1, 0.15) is 11.6 Å². The quantitative estimate of drug-likeness (QED) is 0.309. The molecule has 140 valence electrons. The van der Waals surface area contributed by atoms with Gasteiger partial charge in [-0.2, -0.15) is 10.4 Å². The van der Waals surface area contributed by atoms with E-state index in [4.69, 9.17) is 0 Å². The molecule has 1 aliphatic carbocycles. The molecule has 3 aromatic carbocycles. The second-order valence-corrected chi connectivity index (χ2v) is 6.81. The molecule has 0 aliphatic heterocycles. The highest BCUT2D eigenvalue weighted by Gasteiger charge is 2.22. The minimum Gasteiger partial charge on any atom is -0.267 e. The van der Waals surface area contributed by atoms with Crippen LogP contribution in [-0.2, 0) is 11.2 Å². The Labute approximate surface area is 169 Å². The Hall–Kier alpha value is -3.97. The van der Waals surface area contributed by atoms with Crippen molar-refractivity contribution in [3.63, 3.8) is 0 Å². The summed E-state index contributed by atoms with van der Waals surface area (Å²) in [5.41, 5.74) is 8.69. The van der Waals surface area contributed by atoms with Crippen LogP contribution in [0.1, 0.15) is 23.1 Å². The molecule has 0 saturated heterocycles. The Kier molecular flexibility index (Phi) is 5.31. The van der Waals surface area contributed by atoms with Crippen LogP contribution in [0.4, 0.5) is 0 Å². The van der Waals surface area contributed by atoms with Crippen molar-refractivity contribution in [2.45, 2.75) is 12.8 Å². The van der Waals surface area contributed by atoms with Crippen LogP contribution in [0.3, 0.4) is 0 Å². The summed E-state index contributed by atoms with van der Waals surface area (Å²) in [6.45, 7) is 0. The van der Waals surface area contributed by atoms with Gasteiger partial charge in [-0.15, -0.1) is 0 Å². The van der Waals surface area contributed by atoms with Crippen molar-refractivity contribution in [1.29, 1.82) is 5.26 Å². The summed E-state index contributed by atoms with van der Waals surface area (Å²) in [6, 6.07) is 28.0. The Balaban J connectivity index is 1.46. The van der Waals surface area contributed by atoms with E-state index in [1.165, 1.54) is 5.56 Å². The Bertz CT molecular complexity index is 1140. The third-order valence-corrected chi connectivity index (χ3v) is 5.02. The number of rotatable bonds is 4. The van der Waals surface area contributed by atoms with Gasteiger partial charge in [-0.1, -0.05) is 78.9 Å². The maximum atomic E-state index is 12.5. The van der Waals surface area contributed by atoms with Crippen LogP contribution in [0.15, 0.2) is 89.5 Å². The van der Waals surface area contributed by atoms with Gasteiger partial charge < -0.3 is 0 Å². The van der Waals surface area contributed by atoms with Crippen LogP contribution in [0.25, 0.3) is 16.7 Å². The van der Waals surface area contributed by atoms with E-state index in [0.717, 1.165) is 34.2 Å². The van der Waals surface area contributed by atoms with Crippen LogP contribution in [0, 0.1) is 11.3 Å². The molecule has 1 aliphatic rings. The maximum absolute atomic E-state index is 12.5. The molecule has 4 heteroatoms. The first-order valence-corrected chi connectivity index (χ1v) is 9.46. The predicted octanol–water partition coefficient (Wildman–Crippen LogP) is 4.73. The number of nitrogens with zero attached hydrogens (tertiary/aromatic N) is 2. The van der Waals surface area contributed by atoms with E-state index in [0.29, 0.717) is 6.42 Å². The summed E-state index contributed by atoms with van der Waals surface area (Å²) < 4.78 is 0. The molecule has 0 radical (unpaired) electrons. The minimum absolute atomic E-state index is 0.131. The zero-order valence-corrected chi connectivity index (χ0v) is 15.8. The maximum Gasteiger partial charge on any atom is 0.282 e. The molecule has 0 aromatic heterocycles. The van der Waals surface area contributed by atoms with Crippen molar-refractivity contribution < 1.29 is 4.79 Å². The first-order chi connectivity index (χ1) is 14.3. The number of benzene rings is 3. The molecule has 4 rings (SSSR count). The lowest BCUT2D eigenvalue weighted by Crippen LogP contribution is -2.20. The number of amides is 1. The van der Waals surface area contributed by atoms with Gasteiger partial charge in [-0.05, 0) is 46.2 Å². The van der Waals surface area contributed by atoms with E-state index in [9.17, 15) is 10.1 Å². The van der Waals surface area contributed by atoms with Gasteiger partial charge in [-0.3, -0.25) is 4.79 Å². The van der Waals surface area contributed by atoms with E-state index >= 15 is 0 Å². The van der Waals surface area contributed by atoms with E-state index < -0.39 is 5.91 Å². The highest BCUT2D eigenvalue weighted by molar-refractivity contribution is 6.06. The molecule has 0 fully saturated rings. The van der Waals surface area contributed by atoms with Gasteiger partial charge in [-0.25, -0.2) is 5.43 Å². The van der Waals surface area contributed by atoms with E-state index in [1.54, 1.807) is 6.21 Å². The van der Waals surface area contributed by atoms with Crippen molar-refractivity contribution >= 4 is 17.7 Å². The monoisotopic (exact) mass is 377 g/mol. The number of nitrogens with one attached hydrogen (secondary N) is 1. The van der Waals surface area contributed by atoms with Gasteiger partial charge in [0.25, 0.3) is 5.91 Å². The SMILES string of the molecule is N#C/C(C(=O)N/N=C\c1ccc(-c2ccccc2)cc1)=C1/CCc2ccccc21. The molecule has 0 bridgehead atoms. The number of hydrogen-bond donors (Lipinski definition) is 1. The number of carbonyl (C=O) groups is 1. The average molecular weight is 377 g/mol. The van der Waals surface area contributed by atoms with Gasteiger partial charge in [0.15, 0.2) is 0 Å². The Morgan fingerprint density at radius 1 is 0.897 bits per heavy atom. The summed E-state index contributed by atoms with van der Waals surface area (Å²) in [4.78, 5) is 12.5. The second kappa shape index (κ2) is 8.37. The number of nitriles is 1. The van der Waals surface area contributed by atoms with Crippen molar-refractivity contribution in [1.82, 2.24) is 5.43 Å². The molecular weight excluding hydrogens is 358 g/mol. The topological polar surface area (TPSA) is 65.2 Å².